The second kappa shape index (κ2) is 5.62. The van der Waals surface area contributed by atoms with E-state index in [9.17, 15) is 9.59 Å². The van der Waals surface area contributed by atoms with E-state index in [1.54, 1.807) is 29.3 Å². The molecule has 18 heavy (non-hydrogen) atoms. The zero-order valence-electron chi connectivity index (χ0n) is 10.3. The van der Waals surface area contributed by atoms with Crippen LogP contribution in [0.5, 0.6) is 0 Å². The number of nitrogens with zero attached hydrogens (tertiary/aromatic N) is 2. The number of likely N-dealkylation sites (tertiary alicyclic amines) is 1. The highest BCUT2D eigenvalue weighted by Gasteiger charge is 2.29. The number of methoxy groups -OCH3 is 1. The molecule has 1 amide bonds. The van der Waals surface area contributed by atoms with Gasteiger partial charge in [-0.2, -0.15) is 0 Å². The van der Waals surface area contributed by atoms with Crippen molar-refractivity contribution in [1.82, 2.24) is 9.88 Å². The lowest BCUT2D eigenvalue weighted by Crippen LogP contribution is -2.42. The minimum atomic E-state index is -0.242. The first-order valence-corrected chi connectivity index (χ1v) is 6.00. The highest BCUT2D eigenvalue weighted by molar-refractivity contribution is 5.92. The molecule has 1 aromatic heterocycles. The van der Waals surface area contributed by atoms with Crippen LogP contribution in [0, 0.1) is 5.92 Å². The molecule has 1 fully saturated rings. The number of pyridine rings is 1. The summed E-state index contributed by atoms with van der Waals surface area (Å²) < 4.78 is 4.73. The van der Waals surface area contributed by atoms with Crippen LogP contribution >= 0.6 is 0 Å². The number of piperidine rings is 1. The summed E-state index contributed by atoms with van der Waals surface area (Å²) in [4.78, 5) is 29.4. The lowest BCUT2D eigenvalue weighted by Gasteiger charge is -2.31. The van der Waals surface area contributed by atoms with Gasteiger partial charge in [-0.1, -0.05) is 6.07 Å². The molecule has 0 N–H and O–H groups in total. The molecule has 0 saturated carbocycles. The van der Waals surface area contributed by atoms with Crippen LogP contribution in [0.3, 0.4) is 0 Å². The van der Waals surface area contributed by atoms with Gasteiger partial charge < -0.3 is 9.64 Å². The fourth-order valence-electron chi connectivity index (χ4n) is 2.17. The number of carbonyl (C=O) groups is 2. The number of hydrogen-bond donors (Lipinski definition) is 0. The standard InChI is InChI=1S/C13H16N2O3/c1-18-13(17)10-5-4-8-15(9-10)12(16)11-6-2-3-7-14-11/h2-3,6-7,10H,4-5,8-9H2,1H3. The van der Waals surface area contributed by atoms with E-state index in [2.05, 4.69) is 4.98 Å². The third kappa shape index (κ3) is 2.67. The van der Waals surface area contributed by atoms with Crippen LogP contribution in [0.25, 0.3) is 0 Å². The zero-order valence-corrected chi connectivity index (χ0v) is 10.3. The second-order valence-corrected chi connectivity index (χ2v) is 4.33. The van der Waals surface area contributed by atoms with Gasteiger partial charge >= 0.3 is 5.97 Å². The van der Waals surface area contributed by atoms with E-state index in [1.807, 2.05) is 0 Å². The normalized spacial score (nSPS) is 19.4. The molecule has 5 heteroatoms. The molecule has 1 atom stereocenters. The van der Waals surface area contributed by atoms with Gasteiger partial charge in [0.25, 0.3) is 5.91 Å². The Morgan fingerprint density at radius 3 is 2.94 bits per heavy atom. The lowest BCUT2D eigenvalue weighted by atomic mass is 9.98. The number of ether oxygens (including phenoxy) is 1. The van der Waals surface area contributed by atoms with Crippen molar-refractivity contribution in [2.45, 2.75) is 12.8 Å². The lowest BCUT2D eigenvalue weighted by molar-refractivity contribution is -0.146. The number of esters is 1. The quantitative estimate of drug-likeness (QED) is 0.735. The summed E-state index contributed by atoms with van der Waals surface area (Å²) >= 11 is 0. The Labute approximate surface area is 106 Å². The Morgan fingerprint density at radius 2 is 2.28 bits per heavy atom. The van der Waals surface area contributed by atoms with Crippen molar-refractivity contribution in [2.24, 2.45) is 5.92 Å². The van der Waals surface area contributed by atoms with Gasteiger partial charge in [-0.05, 0) is 25.0 Å². The van der Waals surface area contributed by atoms with E-state index >= 15 is 0 Å². The van der Waals surface area contributed by atoms with E-state index in [4.69, 9.17) is 4.74 Å². The van der Waals surface area contributed by atoms with Crippen molar-refractivity contribution >= 4 is 11.9 Å². The number of aromatic nitrogens is 1. The smallest absolute Gasteiger partial charge is 0.310 e. The monoisotopic (exact) mass is 248 g/mol. The number of carbonyl (C=O) groups excluding carboxylic acids is 2. The molecule has 1 saturated heterocycles. The molecule has 0 aromatic carbocycles. The summed E-state index contributed by atoms with van der Waals surface area (Å²) in [7, 11) is 1.38. The van der Waals surface area contributed by atoms with Crippen LogP contribution < -0.4 is 0 Å². The maximum atomic E-state index is 12.2. The summed E-state index contributed by atoms with van der Waals surface area (Å²) in [5, 5.41) is 0. The van der Waals surface area contributed by atoms with Gasteiger partial charge in [0.15, 0.2) is 0 Å². The zero-order chi connectivity index (χ0) is 13.0. The van der Waals surface area contributed by atoms with Crippen molar-refractivity contribution in [3.8, 4) is 0 Å². The molecule has 1 aliphatic rings. The fraction of sp³-hybridized carbons (Fsp3) is 0.462. The number of hydrogen-bond acceptors (Lipinski definition) is 4. The highest BCUT2D eigenvalue weighted by Crippen LogP contribution is 2.19. The van der Waals surface area contributed by atoms with Gasteiger partial charge in [0.05, 0.1) is 13.0 Å². The summed E-state index contributed by atoms with van der Waals surface area (Å²) in [5.74, 6) is -0.575. The third-order valence-electron chi connectivity index (χ3n) is 3.13. The summed E-state index contributed by atoms with van der Waals surface area (Å²) in [6, 6.07) is 5.23. The largest absolute Gasteiger partial charge is 0.469 e. The van der Waals surface area contributed by atoms with Crippen LogP contribution in [-0.2, 0) is 9.53 Å². The van der Waals surface area contributed by atoms with Crippen LogP contribution in [0.2, 0.25) is 0 Å². The molecule has 1 aliphatic heterocycles. The van der Waals surface area contributed by atoms with Gasteiger partial charge in [-0.25, -0.2) is 0 Å². The maximum Gasteiger partial charge on any atom is 0.310 e. The summed E-state index contributed by atoms with van der Waals surface area (Å²) in [5.41, 5.74) is 0.419. The first kappa shape index (κ1) is 12.5. The van der Waals surface area contributed by atoms with Crippen molar-refractivity contribution in [3.05, 3.63) is 30.1 Å². The molecule has 2 heterocycles. The van der Waals surface area contributed by atoms with E-state index in [1.165, 1.54) is 7.11 Å². The Bertz CT molecular complexity index is 433. The van der Waals surface area contributed by atoms with Gasteiger partial charge in [0.2, 0.25) is 0 Å². The van der Waals surface area contributed by atoms with Crippen molar-refractivity contribution in [1.29, 1.82) is 0 Å². The molecule has 96 valence electrons. The predicted molar refractivity (Wildman–Crippen MR) is 64.9 cm³/mol. The summed E-state index contributed by atoms with van der Waals surface area (Å²) in [6.07, 6.45) is 3.19. The summed E-state index contributed by atoms with van der Waals surface area (Å²) in [6.45, 7) is 1.09. The molecular weight excluding hydrogens is 232 g/mol. The van der Waals surface area contributed by atoms with Crippen molar-refractivity contribution in [3.63, 3.8) is 0 Å². The van der Waals surface area contributed by atoms with Gasteiger partial charge in [0, 0.05) is 19.3 Å². The first-order valence-electron chi connectivity index (χ1n) is 6.00. The first-order chi connectivity index (χ1) is 8.72. The fourth-order valence-corrected chi connectivity index (χ4v) is 2.17. The Balaban J connectivity index is 2.05. The molecule has 1 unspecified atom stereocenters. The molecule has 0 radical (unpaired) electrons. The van der Waals surface area contributed by atoms with Crippen molar-refractivity contribution < 1.29 is 14.3 Å². The van der Waals surface area contributed by atoms with Crippen LogP contribution in [-0.4, -0.2) is 42.0 Å². The Kier molecular flexibility index (Phi) is 3.92. The van der Waals surface area contributed by atoms with Gasteiger partial charge in [-0.15, -0.1) is 0 Å². The van der Waals surface area contributed by atoms with Gasteiger partial charge in [0.1, 0.15) is 5.69 Å². The number of rotatable bonds is 2. The molecule has 1 aromatic rings. The Morgan fingerprint density at radius 1 is 1.44 bits per heavy atom. The number of amides is 1. The van der Waals surface area contributed by atoms with Crippen LogP contribution in [0.1, 0.15) is 23.3 Å². The molecule has 2 rings (SSSR count). The topological polar surface area (TPSA) is 59.5 Å². The van der Waals surface area contributed by atoms with E-state index in [0.29, 0.717) is 18.8 Å². The molecular formula is C13H16N2O3. The second-order valence-electron chi connectivity index (χ2n) is 4.33. The minimum absolute atomic E-state index is 0.121. The SMILES string of the molecule is COC(=O)C1CCCN(C(=O)c2ccccn2)C1. The molecule has 0 aliphatic carbocycles. The van der Waals surface area contributed by atoms with Gasteiger partial charge in [-0.3, -0.25) is 14.6 Å². The predicted octanol–water partition coefficient (Wildman–Crippen LogP) is 1.11. The molecule has 5 nitrogen and oxygen atoms in total. The van der Waals surface area contributed by atoms with E-state index in [0.717, 1.165) is 12.8 Å². The van der Waals surface area contributed by atoms with E-state index in [-0.39, 0.29) is 17.8 Å². The van der Waals surface area contributed by atoms with Crippen molar-refractivity contribution in [2.75, 3.05) is 20.2 Å². The highest BCUT2D eigenvalue weighted by atomic mass is 16.5. The molecule has 0 spiro atoms. The average Bonchev–Trinajstić information content (AvgIpc) is 2.46. The third-order valence-corrected chi connectivity index (χ3v) is 3.13. The Hall–Kier alpha value is -1.91. The minimum Gasteiger partial charge on any atom is -0.469 e. The molecule has 0 bridgehead atoms. The maximum absolute atomic E-state index is 12.2. The van der Waals surface area contributed by atoms with Crippen LogP contribution in [0.15, 0.2) is 24.4 Å². The van der Waals surface area contributed by atoms with Crippen LogP contribution in [0.4, 0.5) is 0 Å². The average molecular weight is 248 g/mol. The van der Waals surface area contributed by atoms with E-state index < -0.39 is 0 Å².